The van der Waals surface area contributed by atoms with Gasteiger partial charge in [-0.1, -0.05) is 27.3 Å². The number of nitro groups is 1. The first kappa shape index (κ1) is 11.6. The van der Waals surface area contributed by atoms with Gasteiger partial charge >= 0.3 is 5.00 Å². The molecule has 0 spiro atoms. The van der Waals surface area contributed by atoms with E-state index in [0.29, 0.717) is 4.88 Å². The molecule has 0 aliphatic rings. The molecule has 2 N–H and O–H groups in total. The Kier molecular flexibility index (Phi) is 3.99. The van der Waals surface area contributed by atoms with Crippen LogP contribution in [0, 0.1) is 10.1 Å². The molecule has 0 amide bonds. The SMILES string of the molecule is O=[N+]([O-])c1ccc(C(O)C(O)CBr)s1. The number of thiophene rings is 1. The van der Waals surface area contributed by atoms with Crippen molar-refractivity contribution in [2.24, 2.45) is 0 Å². The van der Waals surface area contributed by atoms with Crippen LogP contribution in [0.5, 0.6) is 0 Å². The van der Waals surface area contributed by atoms with Crippen LogP contribution < -0.4 is 0 Å². The highest BCUT2D eigenvalue weighted by Gasteiger charge is 2.21. The van der Waals surface area contributed by atoms with E-state index in [4.69, 9.17) is 0 Å². The number of rotatable bonds is 4. The predicted molar refractivity (Wildman–Crippen MR) is 55.7 cm³/mol. The van der Waals surface area contributed by atoms with Crippen molar-refractivity contribution in [3.05, 3.63) is 27.1 Å². The van der Waals surface area contributed by atoms with Crippen molar-refractivity contribution in [1.29, 1.82) is 0 Å². The summed E-state index contributed by atoms with van der Waals surface area (Å²) in [7, 11) is 0. The normalized spacial score (nSPS) is 15.1. The van der Waals surface area contributed by atoms with Gasteiger partial charge < -0.3 is 10.2 Å². The largest absolute Gasteiger partial charge is 0.389 e. The van der Waals surface area contributed by atoms with Crippen LogP contribution in [0.4, 0.5) is 5.00 Å². The Labute approximate surface area is 92.3 Å². The van der Waals surface area contributed by atoms with Gasteiger partial charge in [-0.3, -0.25) is 10.1 Å². The van der Waals surface area contributed by atoms with E-state index < -0.39 is 17.1 Å². The maximum absolute atomic E-state index is 10.3. The molecule has 2 unspecified atom stereocenters. The molecule has 0 fully saturated rings. The maximum Gasteiger partial charge on any atom is 0.324 e. The minimum absolute atomic E-state index is 0.0409. The van der Waals surface area contributed by atoms with Gasteiger partial charge in [-0.2, -0.15) is 0 Å². The van der Waals surface area contributed by atoms with Crippen molar-refractivity contribution in [3.8, 4) is 0 Å². The molecule has 0 aliphatic carbocycles. The van der Waals surface area contributed by atoms with Crippen LogP contribution >= 0.6 is 27.3 Å². The fourth-order valence-electron chi connectivity index (χ4n) is 0.873. The molecule has 1 aromatic rings. The molecule has 0 aromatic carbocycles. The molecule has 2 atom stereocenters. The number of nitrogens with zero attached hydrogens (tertiary/aromatic N) is 1. The zero-order valence-electron chi connectivity index (χ0n) is 6.96. The number of hydrogen-bond acceptors (Lipinski definition) is 5. The molecule has 0 saturated heterocycles. The van der Waals surface area contributed by atoms with Gasteiger partial charge in [0.2, 0.25) is 0 Å². The van der Waals surface area contributed by atoms with Crippen LogP contribution in [0.25, 0.3) is 0 Å². The van der Waals surface area contributed by atoms with E-state index in [9.17, 15) is 20.3 Å². The van der Waals surface area contributed by atoms with E-state index >= 15 is 0 Å². The minimum atomic E-state index is -1.08. The molecule has 5 nitrogen and oxygen atoms in total. The quantitative estimate of drug-likeness (QED) is 0.497. The Morgan fingerprint density at radius 3 is 2.64 bits per heavy atom. The van der Waals surface area contributed by atoms with Crippen molar-refractivity contribution in [2.45, 2.75) is 12.2 Å². The lowest BCUT2D eigenvalue weighted by molar-refractivity contribution is -0.380. The standard InChI is InChI=1S/C7H8BrNO4S/c8-3-4(10)7(11)5-1-2-6(14-5)9(12)13/h1-2,4,7,10-11H,3H2. The van der Waals surface area contributed by atoms with Gasteiger partial charge in [0, 0.05) is 16.3 Å². The molecule has 14 heavy (non-hydrogen) atoms. The Morgan fingerprint density at radius 1 is 1.57 bits per heavy atom. The lowest BCUT2D eigenvalue weighted by Gasteiger charge is -2.12. The highest BCUT2D eigenvalue weighted by Crippen LogP contribution is 2.30. The molecule has 1 rings (SSSR count). The molecule has 0 aliphatic heterocycles. The fourth-order valence-corrected chi connectivity index (χ4v) is 2.09. The molecule has 1 heterocycles. The van der Waals surface area contributed by atoms with Gasteiger partial charge in [0.25, 0.3) is 0 Å². The third-order valence-corrected chi connectivity index (χ3v) is 3.38. The van der Waals surface area contributed by atoms with E-state index in [2.05, 4.69) is 15.9 Å². The molecular weight excluding hydrogens is 274 g/mol. The number of aliphatic hydroxyl groups is 2. The summed E-state index contributed by atoms with van der Waals surface area (Å²) in [6.45, 7) is 0. The first-order valence-electron chi connectivity index (χ1n) is 3.72. The smallest absolute Gasteiger partial charge is 0.324 e. The first-order valence-corrected chi connectivity index (χ1v) is 5.66. The summed E-state index contributed by atoms with van der Waals surface area (Å²) in [5.74, 6) is 0. The van der Waals surface area contributed by atoms with E-state index in [1.807, 2.05) is 0 Å². The molecule has 0 bridgehead atoms. The third-order valence-electron chi connectivity index (χ3n) is 1.61. The molecule has 78 valence electrons. The Hall–Kier alpha value is -0.500. The molecular formula is C7H8BrNO4S. The summed E-state index contributed by atoms with van der Waals surface area (Å²) in [6, 6.07) is 2.75. The van der Waals surface area contributed by atoms with Gasteiger partial charge in [-0.25, -0.2) is 0 Å². The summed E-state index contributed by atoms with van der Waals surface area (Å²) < 4.78 is 0. The monoisotopic (exact) mass is 281 g/mol. The van der Waals surface area contributed by atoms with E-state index in [1.54, 1.807) is 0 Å². The van der Waals surface area contributed by atoms with E-state index in [1.165, 1.54) is 12.1 Å². The number of alkyl halides is 1. The second kappa shape index (κ2) is 4.83. The van der Waals surface area contributed by atoms with Gasteiger partial charge in [0.05, 0.1) is 11.0 Å². The summed E-state index contributed by atoms with van der Waals surface area (Å²) in [5, 5.41) is 29.3. The van der Waals surface area contributed by atoms with Crippen molar-refractivity contribution in [3.63, 3.8) is 0 Å². The summed E-state index contributed by atoms with van der Waals surface area (Å²) >= 11 is 3.87. The second-order valence-corrected chi connectivity index (χ2v) is 4.34. The van der Waals surface area contributed by atoms with E-state index in [-0.39, 0.29) is 10.3 Å². The van der Waals surface area contributed by atoms with Crippen molar-refractivity contribution in [1.82, 2.24) is 0 Å². The maximum atomic E-state index is 10.3. The van der Waals surface area contributed by atoms with Crippen LogP contribution in [-0.4, -0.2) is 26.6 Å². The third kappa shape index (κ3) is 2.50. The van der Waals surface area contributed by atoms with Crippen LogP contribution in [0.1, 0.15) is 11.0 Å². The molecule has 7 heteroatoms. The summed E-state index contributed by atoms with van der Waals surface area (Å²) in [4.78, 5) is 10.2. The minimum Gasteiger partial charge on any atom is -0.389 e. The highest BCUT2D eigenvalue weighted by molar-refractivity contribution is 9.09. The van der Waals surface area contributed by atoms with Gasteiger partial charge in [-0.05, 0) is 6.07 Å². The summed E-state index contributed by atoms with van der Waals surface area (Å²) in [5.41, 5.74) is 0. The van der Waals surface area contributed by atoms with Crippen LogP contribution in [0.2, 0.25) is 0 Å². The van der Waals surface area contributed by atoms with Gasteiger partial charge in [-0.15, -0.1) is 0 Å². The molecule has 1 aromatic heterocycles. The van der Waals surface area contributed by atoms with Crippen molar-refractivity contribution in [2.75, 3.05) is 5.33 Å². The van der Waals surface area contributed by atoms with Crippen LogP contribution in [-0.2, 0) is 0 Å². The molecule has 0 saturated carbocycles. The Bertz CT molecular complexity index is 329. The van der Waals surface area contributed by atoms with Gasteiger partial charge in [0.1, 0.15) is 6.10 Å². The predicted octanol–water partition coefficient (Wildman–Crippen LogP) is 1.45. The molecule has 0 radical (unpaired) electrons. The second-order valence-electron chi connectivity index (χ2n) is 2.60. The lowest BCUT2D eigenvalue weighted by atomic mass is 10.2. The summed E-state index contributed by atoms with van der Waals surface area (Å²) in [6.07, 6.45) is -2.03. The first-order chi connectivity index (χ1) is 6.56. The zero-order chi connectivity index (χ0) is 10.7. The highest BCUT2D eigenvalue weighted by atomic mass is 79.9. The lowest BCUT2D eigenvalue weighted by Crippen LogP contribution is -2.18. The fraction of sp³-hybridized carbons (Fsp3) is 0.429. The Morgan fingerprint density at radius 2 is 2.21 bits per heavy atom. The number of hydrogen-bond donors (Lipinski definition) is 2. The van der Waals surface area contributed by atoms with Crippen LogP contribution in [0.3, 0.4) is 0 Å². The van der Waals surface area contributed by atoms with E-state index in [0.717, 1.165) is 11.3 Å². The van der Waals surface area contributed by atoms with Crippen LogP contribution in [0.15, 0.2) is 12.1 Å². The average molecular weight is 282 g/mol. The topological polar surface area (TPSA) is 83.6 Å². The van der Waals surface area contributed by atoms with Gasteiger partial charge in [0.15, 0.2) is 0 Å². The number of aliphatic hydroxyl groups excluding tert-OH is 2. The van der Waals surface area contributed by atoms with Crippen molar-refractivity contribution < 1.29 is 15.1 Å². The Balaban J connectivity index is 2.81. The zero-order valence-corrected chi connectivity index (χ0v) is 9.36. The van der Waals surface area contributed by atoms with Crippen molar-refractivity contribution >= 4 is 32.3 Å². The number of halogens is 1. The average Bonchev–Trinajstić information content (AvgIpc) is 2.64.